The largest absolute Gasteiger partial charge is 0.364 e. The number of aryl methyl sites for hydroxylation is 1. The first kappa shape index (κ1) is 11.7. The molecule has 0 aromatic carbocycles. The van der Waals surface area contributed by atoms with Gasteiger partial charge in [-0.3, -0.25) is 0 Å². The lowest BCUT2D eigenvalue weighted by Crippen LogP contribution is -2.17. The van der Waals surface area contributed by atoms with Crippen LogP contribution in [0.4, 0.5) is 11.8 Å². The molecule has 0 bridgehead atoms. The van der Waals surface area contributed by atoms with E-state index in [0.717, 1.165) is 28.5 Å². The number of nitrogens with one attached hydrogen (secondary N) is 2. The predicted octanol–water partition coefficient (Wildman–Crippen LogP) is 3.40. The third kappa shape index (κ3) is 2.14. The van der Waals surface area contributed by atoms with Gasteiger partial charge < -0.3 is 10.6 Å². The first-order valence-electron chi connectivity index (χ1n) is 6.40. The monoisotopic (exact) mass is 262 g/mol. The Hall–Kier alpha value is -1.36. The van der Waals surface area contributed by atoms with Gasteiger partial charge in [-0.25, -0.2) is 4.98 Å². The maximum absolute atomic E-state index is 4.60. The van der Waals surface area contributed by atoms with Gasteiger partial charge in [0.1, 0.15) is 10.6 Å². The minimum Gasteiger partial charge on any atom is -0.364 e. The van der Waals surface area contributed by atoms with Crippen molar-refractivity contribution in [1.29, 1.82) is 0 Å². The van der Waals surface area contributed by atoms with Crippen molar-refractivity contribution in [3.05, 3.63) is 10.9 Å². The highest BCUT2D eigenvalue weighted by molar-refractivity contribution is 7.18. The van der Waals surface area contributed by atoms with Crippen molar-refractivity contribution < 1.29 is 0 Å². The van der Waals surface area contributed by atoms with Crippen LogP contribution >= 0.6 is 11.3 Å². The quantitative estimate of drug-likeness (QED) is 0.886. The number of hydrogen-bond donors (Lipinski definition) is 2. The Balaban J connectivity index is 2.07. The maximum Gasteiger partial charge on any atom is 0.226 e. The van der Waals surface area contributed by atoms with Gasteiger partial charge >= 0.3 is 0 Å². The van der Waals surface area contributed by atoms with E-state index >= 15 is 0 Å². The van der Waals surface area contributed by atoms with Gasteiger partial charge in [0.25, 0.3) is 0 Å². The average molecular weight is 262 g/mol. The van der Waals surface area contributed by atoms with Crippen LogP contribution in [0.1, 0.15) is 31.6 Å². The molecule has 0 unspecified atom stereocenters. The molecule has 5 heteroatoms. The van der Waals surface area contributed by atoms with Gasteiger partial charge in [-0.2, -0.15) is 4.98 Å². The summed E-state index contributed by atoms with van der Waals surface area (Å²) in [5.74, 6) is 1.69. The van der Waals surface area contributed by atoms with Gasteiger partial charge in [-0.15, -0.1) is 11.3 Å². The van der Waals surface area contributed by atoms with E-state index in [1.165, 1.54) is 17.7 Å². The zero-order valence-corrected chi connectivity index (χ0v) is 11.8. The maximum atomic E-state index is 4.60. The second-order valence-electron chi connectivity index (χ2n) is 5.19. The molecule has 0 spiro atoms. The Morgan fingerprint density at radius 1 is 1.39 bits per heavy atom. The number of hydrogen-bond acceptors (Lipinski definition) is 5. The van der Waals surface area contributed by atoms with Crippen molar-refractivity contribution in [1.82, 2.24) is 9.97 Å². The molecule has 3 rings (SSSR count). The zero-order valence-electron chi connectivity index (χ0n) is 11.0. The molecular formula is C13H18N4S. The molecule has 0 aliphatic heterocycles. The van der Waals surface area contributed by atoms with Crippen molar-refractivity contribution in [3.8, 4) is 0 Å². The highest BCUT2D eigenvalue weighted by Gasteiger charge is 2.38. The minimum absolute atomic E-state index is 0.237. The topological polar surface area (TPSA) is 49.8 Å². The molecule has 4 nitrogen and oxygen atoms in total. The van der Waals surface area contributed by atoms with Crippen LogP contribution in [0.5, 0.6) is 0 Å². The summed E-state index contributed by atoms with van der Waals surface area (Å²) < 4.78 is 0. The highest BCUT2D eigenvalue weighted by Crippen LogP contribution is 2.40. The zero-order chi connectivity index (χ0) is 12.8. The molecule has 96 valence electrons. The first-order valence-corrected chi connectivity index (χ1v) is 7.21. The molecule has 18 heavy (non-hydrogen) atoms. The summed E-state index contributed by atoms with van der Waals surface area (Å²) in [6, 6.07) is 2.17. The summed E-state index contributed by atoms with van der Waals surface area (Å²) in [6.07, 6.45) is 2.44. The van der Waals surface area contributed by atoms with Crippen LogP contribution in [0.3, 0.4) is 0 Å². The predicted molar refractivity (Wildman–Crippen MR) is 77.6 cm³/mol. The molecule has 0 saturated heterocycles. The SMILES string of the molecule is CCNc1nc(NC2(C)CC2)c2cc(C)sc2n1. The molecule has 1 saturated carbocycles. The van der Waals surface area contributed by atoms with E-state index in [0.29, 0.717) is 0 Å². The summed E-state index contributed by atoms with van der Waals surface area (Å²) in [7, 11) is 0. The molecule has 1 aliphatic carbocycles. The van der Waals surface area contributed by atoms with Crippen LogP contribution < -0.4 is 10.6 Å². The summed E-state index contributed by atoms with van der Waals surface area (Å²) in [5, 5.41) is 7.91. The second-order valence-corrected chi connectivity index (χ2v) is 6.42. The summed E-state index contributed by atoms with van der Waals surface area (Å²) in [6.45, 7) is 7.25. The van der Waals surface area contributed by atoms with Crippen molar-refractivity contribution in [2.45, 2.75) is 39.2 Å². The summed E-state index contributed by atoms with van der Waals surface area (Å²) in [4.78, 5) is 11.5. The molecule has 2 heterocycles. The van der Waals surface area contributed by atoms with Crippen LogP contribution in [-0.4, -0.2) is 22.1 Å². The molecule has 1 aliphatic rings. The van der Waals surface area contributed by atoms with Gasteiger partial charge in [0.15, 0.2) is 0 Å². The molecule has 1 fully saturated rings. The lowest BCUT2D eigenvalue weighted by Gasteiger charge is -2.14. The second kappa shape index (κ2) is 4.09. The molecule has 2 N–H and O–H groups in total. The minimum atomic E-state index is 0.237. The van der Waals surface area contributed by atoms with E-state index in [1.807, 2.05) is 0 Å². The third-order valence-corrected chi connectivity index (χ3v) is 4.22. The molecule has 2 aromatic rings. The Labute approximate surface area is 111 Å². The van der Waals surface area contributed by atoms with Gasteiger partial charge in [-0.05, 0) is 39.7 Å². The molecule has 0 amide bonds. The normalized spacial score (nSPS) is 16.8. The van der Waals surface area contributed by atoms with Crippen LogP contribution in [-0.2, 0) is 0 Å². The standard InChI is InChI=1S/C13H18N4S/c1-4-14-12-15-10(17-13(3)5-6-13)9-7-8(2)18-11(9)16-12/h7H,4-6H2,1-3H3,(H2,14,15,16,17). The van der Waals surface area contributed by atoms with Crippen molar-refractivity contribution >= 4 is 33.3 Å². The number of nitrogens with zero attached hydrogens (tertiary/aromatic N) is 2. The molecule has 2 aromatic heterocycles. The number of aromatic nitrogens is 2. The van der Waals surface area contributed by atoms with E-state index in [9.17, 15) is 0 Å². The van der Waals surface area contributed by atoms with Gasteiger partial charge in [-0.1, -0.05) is 0 Å². The van der Waals surface area contributed by atoms with E-state index in [-0.39, 0.29) is 5.54 Å². The van der Waals surface area contributed by atoms with Crippen LogP contribution in [0.15, 0.2) is 6.07 Å². The highest BCUT2D eigenvalue weighted by atomic mass is 32.1. The van der Waals surface area contributed by atoms with Crippen molar-refractivity contribution in [3.63, 3.8) is 0 Å². The summed E-state index contributed by atoms with van der Waals surface area (Å²) >= 11 is 1.72. The number of thiophene rings is 1. The number of fused-ring (bicyclic) bond motifs is 1. The number of rotatable bonds is 4. The lowest BCUT2D eigenvalue weighted by molar-refractivity contribution is 0.822. The Kier molecular flexibility index (Phi) is 2.66. The van der Waals surface area contributed by atoms with Gasteiger partial charge in [0.05, 0.1) is 5.39 Å². The smallest absolute Gasteiger partial charge is 0.226 e. The van der Waals surface area contributed by atoms with Gasteiger partial charge in [0, 0.05) is 17.0 Å². The first-order chi connectivity index (χ1) is 8.59. The fourth-order valence-electron chi connectivity index (χ4n) is 1.97. The van der Waals surface area contributed by atoms with Crippen LogP contribution in [0.2, 0.25) is 0 Å². The van der Waals surface area contributed by atoms with E-state index in [2.05, 4.69) is 47.4 Å². The third-order valence-electron chi connectivity index (χ3n) is 3.27. The lowest BCUT2D eigenvalue weighted by atomic mass is 10.3. The summed E-state index contributed by atoms with van der Waals surface area (Å²) in [5.41, 5.74) is 0.237. The molecule has 0 radical (unpaired) electrons. The molecule has 0 atom stereocenters. The Bertz CT molecular complexity index is 586. The van der Waals surface area contributed by atoms with Crippen LogP contribution in [0.25, 0.3) is 10.2 Å². The van der Waals surface area contributed by atoms with E-state index in [1.54, 1.807) is 11.3 Å². The molecular weight excluding hydrogens is 244 g/mol. The van der Waals surface area contributed by atoms with E-state index in [4.69, 9.17) is 0 Å². The van der Waals surface area contributed by atoms with Crippen molar-refractivity contribution in [2.24, 2.45) is 0 Å². The van der Waals surface area contributed by atoms with Crippen LogP contribution in [0, 0.1) is 6.92 Å². The Morgan fingerprint density at radius 3 is 2.83 bits per heavy atom. The van der Waals surface area contributed by atoms with Crippen molar-refractivity contribution in [2.75, 3.05) is 17.2 Å². The fraction of sp³-hybridized carbons (Fsp3) is 0.538. The van der Waals surface area contributed by atoms with E-state index < -0.39 is 0 Å². The average Bonchev–Trinajstić information content (AvgIpc) is 2.88. The number of anilines is 2. The Morgan fingerprint density at radius 2 is 2.17 bits per heavy atom. The fourth-order valence-corrected chi connectivity index (χ4v) is 2.85. The van der Waals surface area contributed by atoms with Gasteiger partial charge in [0.2, 0.25) is 5.95 Å².